The zero-order chi connectivity index (χ0) is 14.8. The van der Waals surface area contributed by atoms with Crippen LogP contribution in [0.25, 0.3) is 0 Å². The van der Waals surface area contributed by atoms with Crippen molar-refractivity contribution in [2.24, 2.45) is 0 Å². The number of anilines is 1. The molecule has 0 spiro atoms. The van der Waals surface area contributed by atoms with E-state index in [1.807, 2.05) is 11.8 Å². The Morgan fingerprint density at radius 3 is 2.85 bits per heavy atom. The third kappa shape index (κ3) is 6.65. The zero-order valence-corrected chi connectivity index (χ0v) is 13.6. The molecular formula is C12H22N4O2S2. The first-order chi connectivity index (χ1) is 9.69. The van der Waals surface area contributed by atoms with Crippen LogP contribution < -0.4 is 5.32 Å². The van der Waals surface area contributed by atoms with E-state index in [0.717, 1.165) is 25.1 Å². The smallest absolute Gasteiger partial charge is 0.240 e. The summed E-state index contributed by atoms with van der Waals surface area (Å²) in [6.45, 7) is 5.78. The zero-order valence-electron chi connectivity index (χ0n) is 12.0. The number of aliphatic hydroxyl groups excluding tert-OH is 1. The standard InChI is InChI=1S/C12H22N4O2S2/c1-3-5-16(6-7-17)9-10(18)13-11-14-12(15-20-11)19-8-4-2/h17H,3-9H2,1-2H3,(H,13,14,15,18). The summed E-state index contributed by atoms with van der Waals surface area (Å²) in [5.74, 6) is 0.861. The SMILES string of the molecule is CCCSc1nsc(NC(=O)CN(CCC)CCO)n1. The minimum absolute atomic E-state index is 0.0594. The van der Waals surface area contributed by atoms with Crippen LogP contribution in [0.5, 0.6) is 0 Å². The summed E-state index contributed by atoms with van der Waals surface area (Å²) in [7, 11) is 0. The molecule has 0 atom stereocenters. The molecule has 0 bridgehead atoms. The number of nitrogens with zero attached hydrogens (tertiary/aromatic N) is 3. The van der Waals surface area contributed by atoms with Crippen LogP contribution in [0.1, 0.15) is 26.7 Å². The fourth-order valence-electron chi connectivity index (χ4n) is 1.60. The predicted octanol–water partition coefficient (Wildman–Crippen LogP) is 1.68. The normalized spacial score (nSPS) is 11.0. The molecule has 0 fully saturated rings. The van der Waals surface area contributed by atoms with Gasteiger partial charge in [-0.1, -0.05) is 25.6 Å². The van der Waals surface area contributed by atoms with Gasteiger partial charge in [-0.15, -0.1) is 0 Å². The van der Waals surface area contributed by atoms with Crippen LogP contribution in [0.4, 0.5) is 5.13 Å². The van der Waals surface area contributed by atoms with E-state index >= 15 is 0 Å². The average molecular weight is 318 g/mol. The number of aromatic nitrogens is 2. The molecule has 0 unspecified atom stereocenters. The average Bonchev–Trinajstić information content (AvgIpc) is 2.84. The summed E-state index contributed by atoms with van der Waals surface area (Å²) in [5, 5.41) is 13.0. The van der Waals surface area contributed by atoms with E-state index in [1.165, 1.54) is 11.5 Å². The van der Waals surface area contributed by atoms with E-state index < -0.39 is 0 Å². The van der Waals surface area contributed by atoms with Crippen molar-refractivity contribution in [1.29, 1.82) is 0 Å². The lowest BCUT2D eigenvalue weighted by atomic mass is 10.4. The summed E-state index contributed by atoms with van der Waals surface area (Å²) >= 11 is 2.79. The van der Waals surface area contributed by atoms with Gasteiger partial charge in [0.1, 0.15) is 0 Å². The van der Waals surface area contributed by atoms with Gasteiger partial charge in [0.2, 0.25) is 16.2 Å². The van der Waals surface area contributed by atoms with Crippen LogP contribution in [0.2, 0.25) is 0 Å². The fraction of sp³-hybridized carbons (Fsp3) is 0.750. The van der Waals surface area contributed by atoms with Crippen LogP contribution in [-0.2, 0) is 4.79 Å². The van der Waals surface area contributed by atoms with E-state index in [1.54, 1.807) is 11.8 Å². The van der Waals surface area contributed by atoms with Gasteiger partial charge < -0.3 is 5.11 Å². The third-order valence-corrected chi connectivity index (χ3v) is 4.21. The second kappa shape index (κ2) is 10.1. The monoisotopic (exact) mass is 318 g/mol. The van der Waals surface area contributed by atoms with Gasteiger partial charge in [0.05, 0.1) is 13.2 Å². The molecule has 8 heteroatoms. The van der Waals surface area contributed by atoms with Crippen molar-refractivity contribution >= 4 is 34.3 Å². The summed E-state index contributed by atoms with van der Waals surface area (Å²) in [5.41, 5.74) is 0. The van der Waals surface area contributed by atoms with Crippen LogP contribution in [-0.4, -0.2) is 57.3 Å². The van der Waals surface area contributed by atoms with Gasteiger partial charge in [-0.2, -0.15) is 9.36 Å². The maximum atomic E-state index is 11.9. The highest BCUT2D eigenvalue weighted by Crippen LogP contribution is 2.20. The largest absolute Gasteiger partial charge is 0.395 e. The molecule has 0 saturated heterocycles. The quantitative estimate of drug-likeness (QED) is 0.639. The number of amides is 1. The molecule has 1 aromatic rings. The van der Waals surface area contributed by atoms with Crippen LogP contribution in [0, 0.1) is 0 Å². The van der Waals surface area contributed by atoms with E-state index in [2.05, 4.69) is 21.6 Å². The number of rotatable bonds is 10. The number of nitrogens with one attached hydrogen (secondary N) is 1. The van der Waals surface area contributed by atoms with Gasteiger partial charge >= 0.3 is 0 Å². The van der Waals surface area contributed by atoms with Crippen molar-refractivity contribution in [3.05, 3.63) is 0 Å². The highest BCUT2D eigenvalue weighted by Gasteiger charge is 2.12. The highest BCUT2D eigenvalue weighted by atomic mass is 32.2. The number of aliphatic hydroxyl groups is 1. The molecular weight excluding hydrogens is 296 g/mol. The Morgan fingerprint density at radius 1 is 1.40 bits per heavy atom. The summed E-state index contributed by atoms with van der Waals surface area (Å²) in [6, 6.07) is 0. The lowest BCUT2D eigenvalue weighted by Crippen LogP contribution is -2.35. The molecule has 0 aliphatic rings. The van der Waals surface area contributed by atoms with Crippen LogP contribution in [0.15, 0.2) is 5.16 Å². The van der Waals surface area contributed by atoms with Crippen LogP contribution in [0.3, 0.4) is 0 Å². The Kier molecular flexibility index (Phi) is 8.75. The molecule has 114 valence electrons. The van der Waals surface area contributed by atoms with E-state index in [9.17, 15) is 4.79 Å². The molecule has 1 heterocycles. The molecule has 1 amide bonds. The molecule has 0 aromatic carbocycles. The molecule has 20 heavy (non-hydrogen) atoms. The van der Waals surface area contributed by atoms with E-state index in [0.29, 0.717) is 16.8 Å². The molecule has 0 radical (unpaired) electrons. The number of carbonyl (C=O) groups excluding carboxylic acids is 1. The fourth-order valence-corrected chi connectivity index (χ4v) is 3.02. The van der Waals surface area contributed by atoms with Crippen molar-refractivity contribution in [2.45, 2.75) is 31.8 Å². The van der Waals surface area contributed by atoms with Crippen LogP contribution >= 0.6 is 23.3 Å². The Balaban J connectivity index is 2.42. The highest BCUT2D eigenvalue weighted by molar-refractivity contribution is 7.99. The first-order valence-corrected chi connectivity index (χ1v) is 8.55. The first kappa shape index (κ1) is 17.4. The minimum Gasteiger partial charge on any atom is -0.395 e. The number of thioether (sulfide) groups is 1. The second-order valence-corrected chi connectivity index (χ2v) is 6.09. The minimum atomic E-state index is -0.116. The van der Waals surface area contributed by atoms with E-state index in [4.69, 9.17) is 5.11 Å². The Labute approximate surface area is 128 Å². The lowest BCUT2D eigenvalue weighted by molar-refractivity contribution is -0.117. The summed E-state index contributed by atoms with van der Waals surface area (Å²) in [4.78, 5) is 18.1. The molecule has 0 aliphatic heterocycles. The maximum absolute atomic E-state index is 11.9. The van der Waals surface area contributed by atoms with Crippen molar-refractivity contribution < 1.29 is 9.90 Å². The topological polar surface area (TPSA) is 78.4 Å². The Bertz CT molecular complexity index is 395. The van der Waals surface area contributed by atoms with Crippen molar-refractivity contribution in [3.8, 4) is 0 Å². The predicted molar refractivity (Wildman–Crippen MR) is 83.4 cm³/mol. The van der Waals surface area contributed by atoms with Gasteiger partial charge in [-0.05, 0) is 19.4 Å². The second-order valence-electron chi connectivity index (χ2n) is 4.28. The number of carbonyl (C=O) groups is 1. The third-order valence-electron chi connectivity index (χ3n) is 2.41. The molecule has 0 saturated carbocycles. The van der Waals surface area contributed by atoms with Gasteiger partial charge in [0, 0.05) is 23.8 Å². The van der Waals surface area contributed by atoms with Gasteiger partial charge in [0.15, 0.2) is 0 Å². The number of hydrogen-bond acceptors (Lipinski definition) is 7. The Hall–Kier alpha value is -0.700. The molecule has 2 N–H and O–H groups in total. The molecule has 6 nitrogen and oxygen atoms in total. The molecule has 1 aromatic heterocycles. The molecule has 0 aliphatic carbocycles. The first-order valence-electron chi connectivity index (χ1n) is 6.79. The molecule has 1 rings (SSSR count). The lowest BCUT2D eigenvalue weighted by Gasteiger charge is -2.19. The van der Waals surface area contributed by atoms with Gasteiger partial charge in [-0.25, -0.2) is 0 Å². The van der Waals surface area contributed by atoms with Gasteiger partial charge in [0.25, 0.3) is 0 Å². The van der Waals surface area contributed by atoms with Crippen molar-refractivity contribution in [1.82, 2.24) is 14.3 Å². The van der Waals surface area contributed by atoms with E-state index in [-0.39, 0.29) is 19.1 Å². The maximum Gasteiger partial charge on any atom is 0.240 e. The number of hydrogen-bond donors (Lipinski definition) is 2. The van der Waals surface area contributed by atoms with Crippen molar-refractivity contribution in [2.75, 3.05) is 37.3 Å². The Morgan fingerprint density at radius 2 is 2.20 bits per heavy atom. The summed E-state index contributed by atoms with van der Waals surface area (Å²) in [6.07, 6.45) is 2.02. The van der Waals surface area contributed by atoms with Crippen molar-refractivity contribution in [3.63, 3.8) is 0 Å². The summed E-state index contributed by atoms with van der Waals surface area (Å²) < 4.78 is 4.18. The van der Waals surface area contributed by atoms with Gasteiger partial charge in [-0.3, -0.25) is 15.0 Å².